The van der Waals surface area contributed by atoms with Crippen LogP contribution in [-0.2, 0) is 32.2 Å². The fourth-order valence-electron chi connectivity index (χ4n) is 4.38. The third-order valence-corrected chi connectivity index (χ3v) is 7.39. The first-order chi connectivity index (χ1) is 18.0. The largest absolute Gasteiger partial charge is 0.467 e. The number of ether oxygens (including phenoxy) is 4. The van der Waals surface area contributed by atoms with Crippen LogP contribution in [0.4, 0.5) is 5.69 Å². The van der Waals surface area contributed by atoms with E-state index in [4.69, 9.17) is 30.5 Å². The molecule has 5 rings (SSSR count). The molecule has 194 valence electrons. The van der Waals surface area contributed by atoms with E-state index in [1.54, 1.807) is 23.6 Å². The van der Waals surface area contributed by atoms with Crippen LogP contribution in [0, 0.1) is 0 Å². The van der Waals surface area contributed by atoms with E-state index in [9.17, 15) is 9.59 Å². The number of carbonyl (C=O) groups is 1. The molecular formula is C27H27ClN2O6S. The number of carbonyl (C=O) groups excluding carboxylic acids is 1. The summed E-state index contributed by atoms with van der Waals surface area (Å²) in [7, 11) is 0. The SMILES string of the molecule is CCOC(=O)/C=c1/s/c(=C\c2ccc(N3CCOCC3)cc2)c(=O)n1Cc1cc(Cl)cc2c1OCOC2. The molecule has 1 fully saturated rings. The molecular weight excluding hydrogens is 516 g/mol. The van der Waals surface area contributed by atoms with Crippen LogP contribution in [0.1, 0.15) is 23.6 Å². The first-order valence-electron chi connectivity index (χ1n) is 12.1. The summed E-state index contributed by atoms with van der Waals surface area (Å²) in [5.74, 6) is 0.150. The molecule has 0 saturated carbocycles. The predicted octanol–water partition coefficient (Wildman–Crippen LogP) is 2.49. The van der Waals surface area contributed by atoms with Crippen molar-refractivity contribution in [2.45, 2.75) is 20.1 Å². The van der Waals surface area contributed by atoms with Gasteiger partial charge < -0.3 is 23.8 Å². The van der Waals surface area contributed by atoms with Crippen LogP contribution in [-0.4, -0.2) is 50.2 Å². The van der Waals surface area contributed by atoms with Gasteiger partial charge in [0.2, 0.25) is 0 Å². The summed E-state index contributed by atoms with van der Waals surface area (Å²) in [4.78, 5) is 28.1. The Labute approximate surface area is 222 Å². The van der Waals surface area contributed by atoms with Crippen molar-refractivity contribution in [3.63, 3.8) is 0 Å². The summed E-state index contributed by atoms with van der Waals surface area (Å²) < 4.78 is 24.2. The summed E-state index contributed by atoms with van der Waals surface area (Å²) >= 11 is 7.58. The zero-order chi connectivity index (χ0) is 25.8. The summed E-state index contributed by atoms with van der Waals surface area (Å²) in [6.45, 7) is 5.83. The lowest BCUT2D eigenvalue weighted by molar-refractivity contribution is -0.135. The van der Waals surface area contributed by atoms with E-state index in [1.807, 2.05) is 30.3 Å². The molecule has 0 spiro atoms. The molecule has 0 aliphatic carbocycles. The molecule has 0 bridgehead atoms. The van der Waals surface area contributed by atoms with E-state index >= 15 is 0 Å². The van der Waals surface area contributed by atoms with Crippen molar-refractivity contribution >= 4 is 46.7 Å². The van der Waals surface area contributed by atoms with Gasteiger partial charge in [0, 0.05) is 34.9 Å². The lowest BCUT2D eigenvalue weighted by Crippen LogP contribution is -2.36. The summed E-state index contributed by atoms with van der Waals surface area (Å²) in [6.07, 6.45) is 3.20. The number of rotatable bonds is 6. The van der Waals surface area contributed by atoms with Crippen molar-refractivity contribution in [2.75, 3.05) is 44.6 Å². The third-order valence-electron chi connectivity index (χ3n) is 6.11. The molecule has 2 aliphatic rings. The Hall–Kier alpha value is -3.11. The molecule has 37 heavy (non-hydrogen) atoms. The standard InChI is InChI=1S/C27H27ClN2O6S/c1-2-35-25(31)14-24-30(15-19-12-21(28)13-20-16-34-17-36-26(19)20)27(32)23(37-24)11-18-3-5-22(6-4-18)29-7-9-33-10-8-29/h3-6,11-14H,2,7-10,15-17H2,1H3/b23-11-,24-14+. The highest BCUT2D eigenvalue weighted by Gasteiger charge is 2.18. The van der Waals surface area contributed by atoms with Crippen molar-refractivity contribution in [1.29, 1.82) is 0 Å². The third kappa shape index (κ3) is 5.91. The van der Waals surface area contributed by atoms with E-state index in [0.29, 0.717) is 26.6 Å². The number of fused-ring (bicyclic) bond motifs is 1. The number of esters is 1. The van der Waals surface area contributed by atoms with E-state index in [-0.39, 0.29) is 25.5 Å². The monoisotopic (exact) mass is 542 g/mol. The van der Waals surface area contributed by atoms with Crippen LogP contribution in [0.25, 0.3) is 12.2 Å². The second kappa shape index (κ2) is 11.5. The molecule has 1 aromatic heterocycles. The summed E-state index contributed by atoms with van der Waals surface area (Å²) in [6, 6.07) is 11.6. The van der Waals surface area contributed by atoms with Gasteiger partial charge in [-0.3, -0.25) is 9.36 Å². The van der Waals surface area contributed by atoms with Crippen molar-refractivity contribution in [3.05, 3.63) is 77.7 Å². The van der Waals surface area contributed by atoms with Gasteiger partial charge in [-0.25, -0.2) is 4.79 Å². The number of thiazole rings is 1. The van der Waals surface area contributed by atoms with Gasteiger partial charge in [-0.2, -0.15) is 0 Å². The van der Waals surface area contributed by atoms with Crippen LogP contribution in [0.5, 0.6) is 5.75 Å². The lowest BCUT2D eigenvalue weighted by atomic mass is 10.1. The topological polar surface area (TPSA) is 79.2 Å². The normalized spacial score (nSPS) is 16.4. The van der Waals surface area contributed by atoms with Crippen LogP contribution < -0.4 is 24.4 Å². The smallest absolute Gasteiger partial charge is 0.333 e. The van der Waals surface area contributed by atoms with E-state index in [1.165, 1.54) is 17.4 Å². The summed E-state index contributed by atoms with van der Waals surface area (Å²) in [5, 5.41) is 0.522. The fourth-order valence-corrected chi connectivity index (χ4v) is 5.67. The minimum atomic E-state index is -0.503. The van der Waals surface area contributed by atoms with Crippen LogP contribution in [0.2, 0.25) is 5.02 Å². The number of benzene rings is 2. The number of anilines is 1. The van der Waals surface area contributed by atoms with Crippen LogP contribution in [0.3, 0.4) is 0 Å². The first kappa shape index (κ1) is 25.5. The second-order valence-corrected chi connectivity index (χ2v) is 10.1. The van der Waals surface area contributed by atoms with E-state index < -0.39 is 5.97 Å². The van der Waals surface area contributed by atoms with Crippen molar-refractivity contribution < 1.29 is 23.7 Å². The van der Waals surface area contributed by atoms with Gasteiger partial charge in [-0.1, -0.05) is 23.7 Å². The molecule has 0 amide bonds. The van der Waals surface area contributed by atoms with Gasteiger partial charge in [-0.15, -0.1) is 11.3 Å². The first-order valence-corrected chi connectivity index (χ1v) is 13.3. The molecule has 3 heterocycles. The number of halogens is 1. The second-order valence-electron chi connectivity index (χ2n) is 8.59. The number of hydrogen-bond acceptors (Lipinski definition) is 8. The number of nitrogens with zero attached hydrogens (tertiary/aromatic N) is 2. The Morgan fingerprint density at radius 2 is 1.95 bits per heavy atom. The van der Waals surface area contributed by atoms with Crippen molar-refractivity contribution in [2.24, 2.45) is 0 Å². The number of morpholine rings is 1. The Morgan fingerprint density at radius 1 is 1.16 bits per heavy atom. The van der Waals surface area contributed by atoms with Gasteiger partial charge in [-0.05, 0) is 42.8 Å². The molecule has 0 radical (unpaired) electrons. The van der Waals surface area contributed by atoms with Crippen LogP contribution in [0.15, 0.2) is 41.2 Å². The van der Waals surface area contributed by atoms with Gasteiger partial charge in [0.1, 0.15) is 10.4 Å². The molecule has 0 atom stereocenters. The lowest BCUT2D eigenvalue weighted by Gasteiger charge is -2.28. The average Bonchev–Trinajstić information content (AvgIpc) is 3.18. The molecule has 2 aromatic carbocycles. The molecule has 1 saturated heterocycles. The van der Waals surface area contributed by atoms with E-state index in [0.717, 1.165) is 48.7 Å². The molecule has 2 aliphatic heterocycles. The minimum absolute atomic E-state index is 0.126. The molecule has 0 N–H and O–H groups in total. The fraction of sp³-hybridized carbons (Fsp3) is 0.333. The zero-order valence-corrected chi connectivity index (χ0v) is 22.0. The number of hydrogen-bond donors (Lipinski definition) is 0. The molecule has 8 nitrogen and oxygen atoms in total. The Morgan fingerprint density at radius 3 is 2.70 bits per heavy atom. The highest BCUT2D eigenvalue weighted by atomic mass is 35.5. The van der Waals surface area contributed by atoms with Crippen LogP contribution >= 0.6 is 22.9 Å². The number of aromatic nitrogens is 1. The van der Waals surface area contributed by atoms with Gasteiger partial charge in [0.05, 0.1) is 43.6 Å². The maximum absolute atomic E-state index is 13.6. The average molecular weight is 543 g/mol. The quantitative estimate of drug-likeness (QED) is 0.443. The molecule has 10 heteroatoms. The predicted molar refractivity (Wildman–Crippen MR) is 143 cm³/mol. The highest BCUT2D eigenvalue weighted by Crippen LogP contribution is 2.31. The zero-order valence-electron chi connectivity index (χ0n) is 20.4. The van der Waals surface area contributed by atoms with Gasteiger partial charge in [0.25, 0.3) is 5.56 Å². The maximum Gasteiger partial charge on any atom is 0.333 e. The van der Waals surface area contributed by atoms with Gasteiger partial charge in [0.15, 0.2) is 6.79 Å². The van der Waals surface area contributed by atoms with Gasteiger partial charge >= 0.3 is 5.97 Å². The van der Waals surface area contributed by atoms with Crippen molar-refractivity contribution in [1.82, 2.24) is 4.57 Å². The summed E-state index contributed by atoms with van der Waals surface area (Å²) in [5.41, 5.74) is 3.37. The minimum Gasteiger partial charge on any atom is -0.467 e. The Balaban J connectivity index is 1.54. The Bertz CT molecular complexity index is 1460. The van der Waals surface area contributed by atoms with E-state index in [2.05, 4.69) is 4.90 Å². The molecule has 0 unspecified atom stereocenters. The molecule has 3 aromatic rings. The highest BCUT2D eigenvalue weighted by molar-refractivity contribution is 7.07. The maximum atomic E-state index is 13.6. The van der Waals surface area contributed by atoms with Crippen molar-refractivity contribution in [3.8, 4) is 5.75 Å². The Kier molecular flexibility index (Phi) is 7.95.